The lowest BCUT2D eigenvalue weighted by molar-refractivity contribution is -0.0529. The van der Waals surface area contributed by atoms with Crippen LogP contribution in [-0.4, -0.2) is 43.5 Å². The Morgan fingerprint density at radius 1 is 1.26 bits per heavy atom. The Labute approximate surface area is 111 Å². The van der Waals surface area contributed by atoms with E-state index in [0.29, 0.717) is 12.1 Å². The maximum absolute atomic E-state index is 11.1. The number of aromatic nitrogens is 3. The van der Waals surface area contributed by atoms with Crippen molar-refractivity contribution in [3.05, 3.63) is 30.5 Å². The van der Waals surface area contributed by atoms with Gasteiger partial charge in [-0.1, -0.05) is 0 Å². The molecule has 0 spiro atoms. The van der Waals surface area contributed by atoms with Gasteiger partial charge in [0.05, 0.1) is 18.1 Å². The van der Waals surface area contributed by atoms with Gasteiger partial charge in [0, 0.05) is 24.5 Å². The van der Waals surface area contributed by atoms with Crippen molar-refractivity contribution in [2.75, 3.05) is 7.05 Å². The van der Waals surface area contributed by atoms with Gasteiger partial charge in [0.15, 0.2) is 5.65 Å². The van der Waals surface area contributed by atoms with E-state index in [0.717, 1.165) is 24.2 Å². The summed E-state index contributed by atoms with van der Waals surface area (Å²) < 4.78 is 1.97. The third kappa shape index (κ3) is 1.55. The van der Waals surface area contributed by atoms with Gasteiger partial charge in [0.2, 0.25) is 0 Å². The number of hydrogen-bond donors (Lipinski definition) is 1. The molecule has 5 heteroatoms. The number of aliphatic hydroxyl groups is 1. The number of piperidine rings is 1. The van der Waals surface area contributed by atoms with Crippen LogP contribution in [0.4, 0.5) is 0 Å². The number of fused-ring (bicyclic) bond motifs is 3. The maximum Gasteiger partial charge on any atom is 0.155 e. The number of hydrogen-bond acceptors (Lipinski definition) is 4. The van der Waals surface area contributed by atoms with Gasteiger partial charge in [0.1, 0.15) is 5.60 Å². The Kier molecular flexibility index (Phi) is 2.26. The standard InChI is InChI=1S/C14H18N4O/c1-17-10-2-3-11(17)7-14(19,6-10)12-8-16-13-9-15-4-5-18(12)13/h4-5,8-11,19H,2-3,6-7H2,1H3. The molecule has 2 atom stereocenters. The van der Waals surface area contributed by atoms with Crippen LogP contribution in [0.2, 0.25) is 0 Å². The minimum atomic E-state index is -0.751. The molecule has 2 aromatic rings. The van der Waals surface area contributed by atoms with E-state index >= 15 is 0 Å². The summed E-state index contributed by atoms with van der Waals surface area (Å²) in [4.78, 5) is 10.9. The summed E-state index contributed by atoms with van der Waals surface area (Å²) in [6.45, 7) is 0. The van der Waals surface area contributed by atoms with Crippen molar-refractivity contribution in [2.45, 2.75) is 43.4 Å². The summed E-state index contributed by atoms with van der Waals surface area (Å²) in [7, 11) is 2.18. The topological polar surface area (TPSA) is 53.7 Å². The van der Waals surface area contributed by atoms with Crippen molar-refractivity contribution >= 4 is 5.65 Å². The lowest BCUT2D eigenvalue weighted by Crippen LogP contribution is -2.48. The van der Waals surface area contributed by atoms with Gasteiger partial charge < -0.3 is 10.0 Å². The average Bonchev–Trinajstić information content (AvgIpc) is 2.92. The largest absolute Gasteiger partial charge is 0.383 e. The molecule has 2 aliphatic heterocycles. The van der Waals surface area contributed by atoms with Crippen LogP contribution in [0.3, 0.4) is 0 Å². The van der Waals surface area contributed by atoms with Crippen molar-refractivity contribution in [3.8, 4) is 0 Å². The molecular formula is C14H18N4O. The monoisotopic (exact) mass is 258 g/mol. The summed E-state index contributed by atoms with van der Waals surface area (Å²) in [5.41, 5.74) is 0.964. The third-order valence-electron chi connectivity index (χ3n) is 4.93. The molecule has 5 nitrogen and oxygen atoms in total. The van der Waals surface area contributed by atoms with Crippen LogP contribution >= 0.6 is 0 Å². The highest BCUT2D eigenvalue weighted by atomic mass is 16.3. The van der Waals surface area contributed by atoms with Crippen molar-refractivity contribution in [2.24, 2.45) is 0 Å². The fourth-order valence-corrected chi connectivity index (χ4v) is 3.84. The van der Waals surface area contributed by atoms with Gasteiger partial charge in [-0.05, 0) is 32.7 Å². The molecule has 1 N–H and O–H groups in total. The Morgan fingerprint density at radius 3 is 2.74 bits per heavy atom. The highest BCUT2D eigenvalue weighted by Gasteiger charge is 2.48. The molecule has 0 amide bonds. The van der Waals surface area contributed by atoms with E-state index in [2.05, 4.69) is 21.9 Å². The van der Waals surface area contributed by atoms with Crippen LogP contribution in [-0.2, 0) is 5.60 Å². The van der Waals surface area contributed by atoms with E-state index in [1.165, 1.54) is 12.8 Å². The Bertz CT molecular complexity index is 609. The third-order valence-corrected chi connectivity index (χ3v) is 4.93. The number of nitrogens with zero attached hydrogens (tertiary/aromatic N) is 4. The van der Waals surface area contributed by atoms with Gasteiger partial charge in [-0.15, -0.1) is 0 Å². The predicted molar refractivity (Wildman–Crippen MR) is 70.7 cm³/mol. The lowest BCUT2D eigenvalue weighted by Gasteiger charge is -2.41. The second-order valence-corrected chi connectivity index (χ2v) is 5.94. The van der Waals surface area contributed by atoms with Gasteiger partial charge in [-0.3, -0.25) is 9.38 Å². The second-order valence-electron chi connectivity index (χ2n) is 5.94. The zero-order valence-corrected chi connectivity index (χ0v) is 11.0. The molecule has 2 saturated heterocycles. The smallest absolute Gasteiger partial charge is 0.155 e. The van der Waals surface area contributed by atoms with E-state index in [4.69, 9.17) is 0 Å². The Balaban J connectivity index is 1.79. The van der Waals surface area contributed by atoms with Crippen LogP contribution in [0.5, 0.6) is 0 Å². The first kappa shape index (κ1) is 11.4. The molecule has 4 heterocycles. The predicted octanol–water partition coefficient (Wildman–Crippen LogP) is 1.17. The van der Waals surface area contributed by atoms with Crippen molar-refractivity contribution in [3.63, 3.8) is 0 Å². The molecular weight excluding hydrogens is 240 g/mol. The van der Waals surface area contributed by atoms with E-state index in [-0.39, 0.29) is 0 Å². The molecule has 4 rings (SSSR count). The van der Waals surface area contributed by atoms with Crippen LogP contribution in [0, 0.1) is 0 Å². The summed E-state index contributed by atoms with van der Waals surface area (Å²) in [6.07, 6.45) is 11.2. The number of imidazole rings is 1. The first-order valence-electron chi connectivity index (χ1n) is 6.89. The highest BCUT2D eigenvalue weighted by Crippen LogP contribution is 2.44. The quantitative estimate of drug-likeness (QED) is 0.834. The van der Waals surface area contributed by atoms with E-state index in [1.54, 1.807) is 12.4 Å². The minimum Gasteiger partial charge on any atom is -0.383 e. The zero-order chi connectivity index (χ0) is 13.0. The summed E-state index contributed by atoms with van der Waals surface area (Å²) in [5, 5.41) is 11.1. The van der Waals surface area contributed by atoms with Gasteiger partial charge in [-0.25, -0.2) is 4.98 Å². The Morgan fingerprint density at radius 2 is 2.00 bits per heavy atom. The van der Waals surface area contributed by atoms with Gasteiger partial charge in [0.25, 0.3) is 0 Å². The SMILES string of the molecule is CN1C2CCC1CC(O)(c1cnc3cnccn13)C2. The van der Waals surface area contributed by atoms with E-state index in [9.17, 15) is 5.11 Å². The minimum absolute atomic E-state index is 0.496. The summed E-state index contributed by atoms with van der Waals surface area (Å²) in [6, 6.07) is 0.993. The Hall–Kier alpha value is -1.46. The van der Waals surface area contributed by atoms with Gasteiger partial charge in [-0.2, -0.15) is 0 Å². The fraction of sp³-hybridized carbons (Fsp3) is 0.571. The molecule has 0 radical (unpaired) electrons. The van der Waals surface area contributed by atoms with Crippen molar-refractivity contribution in [1.82, 2.24) is 19.3 Å². The maximum atomic E-state index is 11.1. The van der Waals surface area contributed by atoms with Crippen LogP contribution in [0.15, 0.2) is 24.8 Å². The molecule has 2 unspecified atom stereocenters. The number of rotatable bonds is 1. The van der Waals surface area contributed by atoms with Crippen molar-refractivity contribution in [1.29, 1.82) is 0 Å². The molecule has 0 saturated carbocycles. The molecule has 2 aromatic heterocycles. The average molecular weight is 258 g/mol. The molecule has 2 fully saturated rings. The first-order chi connectivity index (χ1) is 9.17. The molecule has 0 aliphatic carbocycles. The fourth-order valence-electron chi connectivity index (χ4n) is 3.84. The van der Waals surface area contributed by atoms with Crippen LogP contribution < -0.4 is 0 Å². The molecule has 2 bridgehead atoms. The lowest BCUT2D eigenvalue weighted by atomic mass is 9.84. The first-order valence-corrected chi connectivity index (χ1v) is 6.89. The van der Waals surface area contributed by atoms with Crippen LogP contribution in [0.1, 0.15) is 31.4 Å². The molecule has 0 aromatic carbocycles. The van der Waals surface area contributed by atoms with Crippen LogP contribution in [0.25, 0.3) is 5.65 Å². The summed E-state index contributed by atoms with van der Waals surface area (Å²) in [5.74, 6) is 0. The van der Waals surface area contributed by atoms with E-state index in [1.807, 2.05) is 16.8 Å². The zero-order valence-electron chi connectivity index (χ0n) is 11.0. The second kappa shape index (κ2) is 3.77. The summed E-state index contributed by atoms with van der Waals surface area (Å²) >= 11 is 0. The molecule has 19 heavy (non-hydrogen) atoms. The molecule has 100 valence electrons. The van der Waals surface area contributed by atoms with E-state index < -0.39 is 5.60 Å². The van der Waals surface area contributed by atoms with Crippen molar-refractivity contribution < 1.29 is 5.11 Å². The highest BCUT2D eigenvalue weighted by molar-refractivity contribution is 5.39. The van der Waals surface area contributed by atoms with Gasteiger partial charge >= 0.3 is 0 Å². The normalized spacial score (nSPS) is 35.1. The molecule has 2 aliphatic rings.